The van der Waals surface area contributed by atoms with Gasteiger partial charge >= 0.3 is 0 Å². The minimum atomic E-state index is 0.725. The summed E-state index contributed by atoms with van der Waals surface area (Å²) in [5.74, 6) is 1.16. The Morgan fingerprint density at radius 3 is 2.48 bits per heavy atom. The van der Waals surface area contributed by atoms with E-state index in [1.165, 1.54) is 61.8 Å². The van der Waals surface area contributed by atoms with Crippen molar-refractivity contribution in [2.45, 2.75) is 76.3 Å². The number of aryl methyl sites for hydroxylation is 2. The van der Waals surface area contributed by atoms with E-state index in [9.17, 15) is 0 Å². The molecule has 2 heteroatoms. The minimum Gasteiger partial charge on any atom is -0.313 e. The number of hydrogen-bond donors (Lipinski definition) is 1. The van der Waals surface area contributed by atoms with Gasteiger partial charge in [-0.25, -0.2) is 0 Å². The second kappa shape index (κ2) is 8.85. The molecular formula is C19H31NS. The molecule has 1 nitrogen and oxygen atoms in total. The Bertz CT molecular complexity index is 409. The molecule has 0 spiro atoms. The monoisotopic (exact) mass is 305 g/mol. The van der Waals surface area contributed by atoms with E-state index in [4.69, 9.17) is 0 Å². The molecule has 1 saturated carbocycles. The maximum absolute atomic E-state index is 3.80. The van der Waals surface area contributed by atoms with Crippen LogP contribution in [0.4, 0.5) is 0 Å². The Kier molecular flexibility index (Phi) is 7.12. The van der Waals surface area contributed by atoms with E-state index < -0.39 is 0 Å². The van der Waals surface area contributed by atoms with Crippen LogP contribution in [0, 0.1) is 13.8 Å². The minimum absolute atomic E-state index is 0.725. The standard InChI is InChI=1S/C19H31NS/c1-4-10-20-18-8-6-5-7-9-19(18)21-14-17-12-15(2)11-16(3)13-17/h11-13,18-20H,4-10,14H2,1-3H3. The Balaban J connectivity index is 1.94. The Hall–Kier alpha value is -0.470. The lowest BCUT2D eigenvalue weighted by atomic mass is 10.1. The van der Waals surface area contributed by atoms with Gasteiger partial charge in [-0.05, 0) is 45.2 Å². The van der Waals surface area contributed by atoms with Gasteiger partial charge in [-0.15, -0.1) is 0 Å². The van der Waals surface area contributed by atoms with Crippen molar-refractivity contribution >= 4 is 11.8 Å². The molecule has 2 unspecified atom stereocenters. The van der Waals surface area contributed by atoms with Gasteiger partial charge in [-0.2, -0.15) is 11.8 Å². The summed E-state index contributed by atoms with van der Waals surface area (Å²) in [6.07, 6.45) is 8.23. The quantitative estimate of drug-likeness (QED) is 0.722. The third-order valence-corrected chi connectivity index (χ3v) is 5.85. The first kappa shape index (κ1) is 16.9. The first-order valence-corrected chi connectivity index (χ1v) is 9.66. The molecule has 1 N–H and O–H groups in total. The van der Waals surface area contributed by atoms with Crippen LogP contribution >= 0.6 is 11.8 Å². The number of nitrogens with one attached hydrogen (secondary N) is 1. The van der Waals surface area contributed by atoms with Gasteiger partial charge in [-0.1, -0.05) is 55.5 Å². The van der Waals surface area contributed by atoms with Crippen molar-refractivity contribution in [3.05, 3.63) is 34.9 Å². The van der Waals surface area contributed by atoms with Crippen LogP contribution in [-0.4, -0.2) is 17.8 Å². The van der Waals surface area contributed by atoms with E-state index in [2.05, 4.69) is 56.0 Å². The zero-order valence-electron chi connectivity index (χ0n) is 14.0. The van der Waals surface area contributed by atoms with Crippen LogP contribution in [0.5, 0.6) is 0 Å². The number of rotatable bonds is 6. The van der Waals surface area contributed by atoms with Gasteiger partial charge in [0.2, 0.25) is 0 Å². The van der Waals surface area contributed by atoms with Crippen LogP contribution in [0.2, 0.25) is 0 Å². The van der Waals surface area contributed by atoms with E-state index in [-0.39, 0.29) is 0 Å². The average Bonchev–Trinajstić information content (AvgIpc) is 2.67. The fraction of sp³-hybridized carbons (Fsp3) is 0.684. The summed E-state index contributed by atoms with van der Waals surface area (Å²) in [7, 11) is 0. The molecule has 0 heterocycles. The van der Waals surface area contributed by atoms with E-state index in [1.807, 2.05) is 0 Å². The molecule has 1 aromatic rings. The topological polar surface area (TPSA) is 12.0 Å². The van der Waals surface area contributed by atoms with Crippen molar-refractivity contribution in [2.24, 2.45) is 0 Å². The number of thioether (sulfide) groups is 1. The highest BCUT2D eigenvalue weighted by Gasteiger charge is 2.23. The van der Waals surface area contributed by atoms with Gasteiger partial charge in [0, 0.05) is 17.0 Å². The largest absolute Gasteiger partial charge is 0.313 e. The smallest absolute Gasteiger partial charge is 0.0204 e. The summed E-state index contributed by atoms with van der Waals surface area (Å²) < 4.78 is 0. The molecule has 0 radical (unpaired) electrons. The first-order chi connectivity index (χ1) is 10.2. The normalized spacial score (nSPS) is 23.0. The summed E-state index contributed by atoms with van der Waals surface area (Å²) in [6, 6.07) is 7.70. The fourth-order valence-corrected chi connectivity index (χ4v) is 4.76. The van der Waals surface area contributed by atoms with Gasteiger partial charge in [0.25, 0.3) is 0 Å². The van der Waals surface area contributed by atoms with E-state index in [0.717, 1.165) is 17.0 Å². The summed E-state index contributed by atoms with van der Waals surface area (Å²) >= 11 is 2.18. The lowest BCUT2D eigenvalue weighted by molar-refractivity contribution is 0.470. The Morgan fingerprint density at radius 2 is 1.76 bits per heavy atom. The lowest BCUT2D eigenvalue weighted by Gasteiger charge is -2.26. The van der Waals surface area contributed by atoms with Crippen LogP contribution in [0.25, 0.3) is 0 Å². The third kappa shape index (κ3) is 5.67. The molecule has 1 aliphatic rings. The molecule has 1 fully saturated rings. The predicted octanol–water partition coefficient (Wildman–Crippen LogP) is 5.24. The van der Waals surface area contributed by atoms with E-state index in [1.54, 1.807) is 0 Å². The van der Waals surface area contributed by atoms with Crippen molar-refractivity contribution in [1.29, 1.82) is 0 Å². The molecule has 0 aliphatic heterocycles. The Morgan fingerprint density at radius 1 is 1.05 bits per heavy atom. The van der Waals surface area contributed by atoms with E-state index >= 15 is 0 Å². The summed E-state index contributed by atoms with van der Waals surface area (Å²) in [6.45, 7) is 7.85. The van der Waals surface area contributed by atoms with Crippen LogP contribution < -0.4 is 5.32 Å². The fourth-order valence-electron chi connectivity index (χ4n) is 3.39. The summed E-state index contributed by atoms with van der Waals surface area (Å²) in [5.41, 5.74) is 4.29. The zero-order valence-corrected chi connectivity index (χ0v) is 14.8. The van der Waals surface area contributed by atoms with Crippen molar-refractivity contribution in [2.75, 3.05) is 6.54 Å². The molecule has 1 aromatic carbocycles. The molecule has 0 bridgehead atoms. The molecule has 118 valence electrons. The Labute approximate surface area is 135 Å². The highest BCUT2D eigenvalue weighted by Crippen LogP contribution is 2.30. The summed E-state index contributed by atoms with van der Waals surface area (Å²) in [5, 5.41) is 4.59. The van der Waals surface area contributed by atoms with Gasteiger partial charge in [-0.3, -0.25) is 0 Å². The van der Waals surface area contributed by atoms with Crippen molar-refractivity contribution in [3.8, 4) is 0 Å². The average molecular weight is 306 g/mol. The third-order valence-electron chi connectivity index (χ3n) is 4.35. The van der Waals surface area contributed by atoms with Crippen LogP contribution in [0.3, 0.4) is 0 Å². The molecule has 2 rings (SSSR count). The van der Waals surface area contributed by atoms with Gasteiger partial charge < -0.3 is 5.32 Å². The zero-order chi connectivity index (χ0) is 15.1. The summed E-state index contributed by atoms with van der Waals surface area (Å²) in [4.78, 5) is 0. The van der Waals surface area contributed by atoms with Crippen molar-refractivity contribution < 1.29 is 0 Å². The van der Waals surface area contributed by atoms with Crippen molar-refractivity contribution in [3.63, 3.8) is 0 Å². The first-order valence-electron chi connectivity index (χ1n) is 8.61. The maximum Gasteiger partial charge on any atom is 0.0204 e. The number of benzene rings is 1. The maximum atomic E-state index is 3.80. The van der Waals surface area contributed by atoms with Gasteiger partial charge in [0.15, 0.2) is 0 Å². The molecule has 1 aliphatic carbocycles. The molecular weight excluding hydrogens is 274 g/mol. The van der Waals surface area contributed by atoms with Gasteiger partial charge in [0.05, 0.1) is 0 Å². The lowest BCUT2D eigenvalue weighted by Crippen LogP contribution is -2.38. The highest BCUT2D eigenvalue weighted by atomic mass is 32.2. The van der Waals surface area contributed by atoms with Crippen LogP contribution in [-0.2, 0) is 5.75 Å². The van der Waals surface area contributed by atoms with Gasteiger partial charge in [0.1, 0.15) is 0 Å². The molecule has 21 heavy (non-hydrogen) atoms. The molecule has 0 aromatic heterocycles. The molecule has 2 atom stereocenters. The second-order valence-corrected chi connectivity index (χ2v) is 7.77. The second-order valence-electron chi connectivity index (χ2n) is 6.54. The predicted molar refractivity (Wildman–Crippen MR) is 96.2 cm³/mol. The SMILES string of the molecule is CCCNC1CCCCCC1SCc1cc(C)cc(C)c1. The van der Waals surface area contributed by atoms with Crippen LogP contribution in [0.15, 0.2) is 18.2 Å². The van der Waals surface area contributed by atoms with Crippen LogP contribution in [0.1, 0.15) is 62.1 Å². The van der Waals surface area contributed by atoms with E-state index in [0.29, 0.717) is 0 Å². The molecule has 0 saturated heterocycles. The highest BCUT2D eigenvalue weighted by molar-refractivity contribution is 7.99. The number of hydrogen-bond acceptors (Lipinski definition) is 2. The molecule has 0 amide bonds. The van der Waals surface area contributed by atoms with Crippen molar-refractivity contribution in [1.82, 2.24) is 5.32 Å².